The fraction of sp³-hybridized carbons (Fsp3) is 0.833. The van der Waals surface area contributed by atoms with Gasteiger partial charge in [-0.1, -0.05) is 0 Å². The number of urea groups is 1. The number of hydrogen-bond acceptors (Lipinski definition) is 3. The van der Waals surface area contributed by atoms with Gasteiger partial charge >= 0.3 is 12.1 Å². The molecule has 0 radical (unpaired) electrons. The number of rotatable bonds is 4. The predicted octanol–water partition coefficient (Wildman–Crippen LogP) is 1.61. The second-order valence-corrected chi connectivity index (χ2v) is 5.56. The molecule has 0 bridgehead atoms. The van der Waals surface area contributed by atoms with E-state index in [4.69, 9.17) is 4.74 Å². The Morgan fingerprint density at radius 1 is 1.11 bits per heavy atom. The van der Waals surface area contributed by atoms with Crippen LogP contribution >= 0.6 is 0 Å². The first-order valence-corrected chi connectivity index (χ1v) is 6.14. The van der Waals surface area contributed by atoms with Crippen LogP contribution in [0.5, 0.6) is 0 Å². The molecular formula is C12H25N3O3. The van der Waals surface area contributed by atoms with Crippen molar-refractivity contribution in [2.45, 2.75) is 59.2 Å². The molecular weight excluding hydrogens is 234 g/mol. The van der Waals surface area contributed by atoms with E-state index in [0.29, 0.717) is 6.54 Å². The molecule has 3 N–H and O–H groups in total. The van der Waals surface area contributed by atoms with Crippen LogP contribution < -0.4 is 16.0 Å². The van der Waals surface area contributed by atoms with Gasteiger partial charge < -0.3 is 20.7 Å². The lowest BCUT2D eigenvalue weighted by atomic mass is 10.2. The van der Waals surface area contributed by atoms with Crippen molar-refractivity contribution in [3.8, 4) is 0 Å². The van der Waals surface area contributed by atoms with Crippen molar-refractivity contribution in [2.24, 2.45) is 0 Å². The summed E-state index contributed by atoms with van der Waals surface area (Å²) in [7, 11) is 0. The monoisotopic (exact) mass is 259 g/mol. The molecule has 0 aromatic heterocycles. The zero-order valence-corrected chi connectivity index (χ0v) is 12.1. The summed E-state index contributed by atoms with van der Waals surface area (Å²) < 4.78 is 5.10. The predicted molar refractivity (Wildman–Crippen MR) is 70.5 cm³/mol. The molecule has 6 nitrogen and oxygen atoms in total. The Hall–Kier alpha value is -1.46. The summed E-state index contributed by atoms with van der Waals surface area (Å²) in [5, 5.41) is 8.00. The number of ether oxygens (including phenoxy) is 1. The molecule has 1 atom stereocenters. The zero-order valence-electron chi connectivity index (χ0n) is 12.1. The molecule has 18 heavy (non-hydrogen) atoms. The highest BCUT2D eigenvalue weighted by Crippen LogP contribution is 2.06. The van der Waals surface area contributed by atoms with Crippen molar-refractivity contribution in [1.29, 1.82) is 0 Å². The number of hydrogen-bond donors (Lipinski definition) is 3. The fourth-order valence-corrected chi connectivity index (χ4v) is 1.12. The van der Waals surface area contributed by atoms with Gasteiger partial charge in [0.15, 0.2) is 0 Å². The standard InChI is InChI=1S/C12H25N3O3/c1-8(2)14-10(16)13-7-9(3)15-11(17)18-12(4,5)6/h8-9H,7H2,1-6H3,(H,15,17)(H2,13,14,16). The number of amides is 3. The normalized spacial score (nSPS) is 12.8. The van der Waals surface area contributed by atoms with Crippen LogP contribution in [-0.2, 0) is 4.74 Å². The molecule has 1 unspecified atom stereocenters. The van der Waals surface area contributed by atoms with Gasteiger partial charge in [-0.05, 0) is 41.5 Å². The molecule has 0 aromatic rings. The zero-order chi connectivity index (χ0) is 14.3. The van der Waals surface area contributed by atoms with E-state index in [1.807, 2.05) is 13.8 Å². The topological polar surface area (TPSA) is 79.5 Å². The minimum absolute atomic E-state index is 0.0825. The van der Waals surface area contributed by atoms with E-state index >= 15 is 0 Å². The van der Waals surface area contributed by atoms with Gasteiger partial charge in [0.25, 0.3) is 0 Å². The smallest absolute Gasteiger partial charge is 0.407 e. The lowest BCUT2D eigenvalue weighted by Crippen LogP contribution is -2.47. The molecule has 6 heteroatoms. The highest BCUT2D eigenvalue weighted by atomic mass is 16.6. The molecule has 0 heterocycles. The van der Waals surface area contributed by atoms with Crippen molar-refractivity contribution in [2.75, 3.05) is 6.54 Å². The van der Waals surface area contributed by atoms with Crippen LogP contribution in [0.15, 0.2) is 0 Å². The Bertz CT molecular complexity index is 285. The van der Waals surface area contributed by atoms with Gasteiger partial charge in [-0.3, -0.25) is 0 Å². The van der Waals surface area contributed by atoms with Crippen LogP contribution in [0.1, 0.15) is 41.5 Å². The summed E-state index contributed by atoms with van der Waals surface area (Å²) in [6.07, 6.45) is -0.485. The average molecular weight is 259 g/mol. The van der Waals surface area contributed by atoms with Crippen molar-refractivity contribution in [3.63, 3.8) is 0 Å². The third-order valence-corrected chi connectivity index (χ3v) is 1.75. The van der Waals surface area contributed by atoms with Crippen LogP contribution in [-0.4, -0.2) is 36.4 Å². The molecule has 3 amide bonds. The summed E-state index contributed by atoms with van der Waals surface area (Å²) in [5.41, 5.74) is -0.522. The Kier molecular flexibility index (Phi) is 6.51. The first-order valence-electron chi connectivity index (χ1n) is 6.14. The second kappa shape index (κ2) is 7.08. The van der Waals surface area contributed by atoms with E-state index in [9.17, 15) is 9.59 Å². The molecule has 0 aliphatic heterocycles. The summed E-state index contributed by atoms with van der Waals surface area (Å²) >= 11 is 0. The number of nitrogens with one attached hydrogen (secondary N) is 3. The number of carbonyl (C=O) groups is 2. The summed E-state index contributed by atoms with van der Waals surface area (Å²) in [5.74, 6) is 0. The quantitative estimate of drug-likeness (QED) is 0.717. The third kappa shape index (κ3) is 9.74. The Labute approximate surface area is 109 Å². The van der Waals surface area contributed by atoms with Crippen LogP contribution in [0.2, 0.25) is 0 Å². The van der Waals surface area contributed by atoms with E-state index in [-0.39, 0.29) is 18.1 Å². The summed E-state index contributed by atoms with van der Waals surface area (Å²) in [6, 6.07) is -0.361. The van der Waals surface area contributed by atoms with Crippen LogP contribution in [0.3, 0.4) is 0 Å². The van der Waals surface area contributed by atoms with Gasteiger partial charge in [-0.15, -0.1) is 0 Å². The maximum absolute atomic E-state index is 11.4. The maximum atomic E-state index is 11.4. The largest absolute Gasteiger partial charge is 0.444 e. The lowest BCUT2D eigenvalue weighted by molar-refractivity contribution is 0.0508. The number of alkyl carbamates (subject to hydrolysis) is 1. The van der Waals surface area contributed by atoms with E-state index in [2.05, 4.69) is 16.0 Å². The van der Waals surface area contributed by atoms with Crippen molar-refractivity contribution < 1.29 is 14.3 Å². The van der Waals surface area contributed by atoms with Crippen molar-refractivity contribution >= 4 is 12.1 Å². The average Bonchev–Trinajstić information content (AvgIpc) is 2.10. The molecule has 0 rings (SSSR count). The second-order valence-electron chi connectivity index (χ2n) is 5.56. The van der Waals surface area contributed by atoms with E-state index < -0.39 is 11.7 Å². The Morgan fingerprint density at radius 3 is 2.11 bits per heavy atom. The minimum Gasteiger partial charge on any atom is -0.444 e. The van der Waals surface area contributed by atoms with Gasteiger partial charge in [0.05, 0.1) is 0 Å². The highest BCUT2D eigenvalue weighted by Gasteiger charge is 2.17. The molecule has 0 fully saturated rings. The third-order valence-electron chi connectivity index (χ3n) is 1.75. The maximum Gasteiger partial charge on any atom is 0.407 e. The van der Waals surface area contributed by atoms with Gasteiger partial charge in [-0.2, -0.15) is 0 Å². The first kappa shape index (κ1) is 16.5. The highest BCUT2D eigenvalue weighted by molar-refractivity contribution is 5.74. The minimum atomic E-state index is -0.522. The van der Waals surface area contributed by atoms with Gasteiger partial charge in [-0.25, -0.2) is 9.59 Å². The van der Waals surface area contributed by atoms with E-state index in [1.165, 1.54) is 0 Å². The molecule has 0 aromatic carbocycles. The van der Waals surface area contributed by atoms with Gasteiger partial charge in [0.1, 0.15) is 5.60 Å². The first-order chi connectivity index (χ1) is 8.10. The van der Waals surface area contributed by atoms with Crippen LogP contribution in [0, 0.1) is 0 Å². The Balaban J connectivity index is 3.87. The van der Waals surface area contributed by atoms with Crippen LogP contribution in [0.4, 0.5) is 9.59 Å². The molecule has 0 saturated heterocycles. The summed E-state index contributed by atoms with van der Waals surface area (Å²) in [4.78, 5) is 22.7. The van der Waals surface area contributed by atoms with Gasteiger partial charge in [0.2, 0.25) is 0 Å². The van der Waals surface area contributed by atoms with Crippen LogP contribution in [0.25, 0.3) is 0 Å². The molecule has 0 spiro atoms. The van der Waals surface area contributed by atoms with E-state index in [1.54, 1.807) is 27.7 Å². The van der Waals surface area contributed by atoms with Gasteiger partial charge in [0, 0.05) is 18.6 Å². The molecule has 0 aliphatic carbocycles. The van der Waals surface area contributed by atoms with Crippen molar-refractivity contribution in [1.82, 2.24) is 16.0 Å². The SMILES string of the molecule is CC(C)NC(=O)NCC(C)NC(=O)OC(C)(C)C. The van der Waals surface area contributed by atoms with Crippen molar-refractivity contribution in [3.05, 3.63) is 0 Å². The molecule has 106 valence electrons. The Morgan fingerprint density at radius 2 is 1.67 bits per heavy atom. The van der Waals surface area contributed by atoms with E-state index in [0.717, 1.165) is 0 Å². The molecule has 0 aliphatic rings. The fourth-order valence-electron chi connectivity index (χ4n) is 1.12. The number of carbonyl (C=O) groups excluding carboxylic acids is 2. The molecule has 0 saturated carbocycles. The summed E-state index contributed by atoms with van der Waals surface area (Å²) in [6.45, 7) is 11.3. The lowest BCUT2D eigenvalue weighted by Gasteiger charge is -2.22.